The summed E-state index contributed by atoms with van der Waals surface area (Å²) in [7, 11) is 0. The zero-order chi connectivity index (χ0) is 13.4. The second-order valence-corrected chi connectivity index (χ2v) is 5.80. The van der Waals surface area contributed by atoms with E-state index in [0.29, 0.717) is 17.1 Å². The second-order valence-electron chi connectivity index (χ2n) is 5.80. The molecule has 2 fully saturated rings. The molecule has 19 heavy (non-hydrogen) atoms. The number of aromatic nitrogens is 1. The van der Waals surface area contributed by atoms with E-state index in [1.54, 1.807) is 12.3 Å². The number of amides is 1. The monoisotopic (exact) mass is 260 g/mol. The summed E-state index contributed by atoms with van der Waals surface area (Å²) >= 11 is 0. The van der Waals surface area contributed by atoms with Crippen molar-refractivity contribution in [2.24, 2.45) is 17.6 Å². The molecule has 1 heterocycles. The summed E-state index contributed by atoms with van der Waals surface area (Å²) in [5.41, 5.74) is 12.1. The Bertz CT molecular complexity index is 480. The number of carbonyl (C=O) groups excluding carboxylic acids is 1. The zero-order valence-electron chi connectivity index (χ0n) is 11.0. The Hall–Kier alpha value is -1.78. The third-order valence-electron chi connectivity index (χ3n) is 3.80. The SMILES string of the molecule is NC(=O)c1cc(N)cnc1N(CC1CC1)CC1CC1. The average Bonchev–Trinajstić information content (AvgIpc) is 3.23. The molecule has 0 spiro atoms. The molecular formula is C14H20N4O. The van der Waals surface area contributed by atoms with Gasteiger partial charge in [-0.2, -0.15) is 0 Å². The number of nitrogen functional groups attached to an aromatic ring is 1. The molecule has 0 aromatic carbocycles. The van der Waals surface area contributed by atoms with E-state index in [1.165, 1.54) is 25.7 Å². The second kappa shape index (κ2) is 4.72. The van der Waals surface area contributed by atoms with Crippen LogP contribution in [-0.4, -0.2) is 24.0 Å². The topological polar surface area (TPSA) is 85.2 Å². The number of hydrogen-bond acceptors (Lipinski definition) is 4. The maximum atomic E-state index is 11.6. The maximum absolute atomic E-state index is 11.6. The van der Waals surface area contributed by atoms with Crippen molar-refractivity contribution in [3.05, 3.63) is 17.8 Å². The van der Waals surface area contributed by atoms with Gasteiger partial charge in [-0.05, 0) is 43.6 Å². The lowest BCUT2D eigenvalue weighted by Crippen LogP contribution is -2.31. The van der Waals surface area contributed by atoms with E-state index in [4.69, 9.17) is 11.5 Å². The summed E-state index contributed by atoms with van der Waals surface area (Å²) < 4.78 is 0. The molecule has 2 aliphatic rings. The van der Waals surface area contributed by atoms with Crippen molar-refractivity contribution in [2.45, 2.75) is 25.7 Å². The van der Waals surface area contributed by atoms with Gasteiger partial charge in [0.1, 0.15) is 5.82 Å². The first-order valence-corrected chi connectivity index (χ1v) is 6.93. The number of pyridine rings is 1. The lowest BCUT2D eigenvalue weighted by Gasteiger charge is -2.25. The van der Waals surface area contributed by atoms with E-state index in [2.05, 4.69) is 9.88 Å². The fourth-order valence-corrected chi connectivity index (χ4v) is 2.38. The molecule has 0 saturated heterocycles. The van der Waals surface area contributed by atoms with E-state index < -0.39 is 5.91 Å². The lowest BCUT2D eigenvalue weighted by molar-refractivity contribution is 0.100. The first-order valence-electron chi connectivity index (χ1n) is 6.93. The van der Waals surface area contributed by atoms with Gasteiger partial charge >= 0.3 is 0 Å². The largest absolute Gasteiger partial charge is 0.397 e. The number of nitrogens with zero attached hydrogens (tertiary/aromatic N) is 2. The van der Waals surface area contributed by atoms with Gasteiger partial charge in [0.15, 0.2) is 0 Å². The van der Waals surface area contributed by atoms with Crippen molar-refractivity contribution in [1.82, 2.24) is 4.98 Å². The molecule has 0 bridgehead atoms. The Kier molecular flexibility index (Phi) is 3.05. The van der Waals surface area contributed by atoms with E-state index >= 15 is 0 Å². The molecule has 5 heteroatoms. The van der Waals surface area contributed by atoms with Crippen molar-refractivity contribution >= 4 is 17.4 Å². The minimum Gasteiger partial charge on any atom is -0.397 e. The van der Waals surface area contributed by atoms with Crippen LogP contribution in [0.3, 0.4) is 0 Å². The number of rotatable bonds is 6. The summed E-state index contributed by atoms with van der Waals surface area (Å²) in [6.07, 6.45) is 6.72. The highest BCUT2D eigenvalue weighted by Crippen LogP contribution is 2.36. The standard InChI is InChI=1S/C14H20N4O/c15-11-5-12(13(16)19)14(17-6-11)18(7-9-1-2-9)8-10-3-4-10/h5-6,9-10H,1-4,7-8,15H2,(H2,16,19). The first kappa shape index (κ1) is 12.3. The summed E-state index contributed by atoms with van der Waals surface area (Å²) in [4.78, 5) is 18.2. The van der Waals surface area contributed by atoms with Crippen LogP contribution in [0.5, 0.6) is 0 Å². The average molecular weight is 260 g/mol. The lowest BCUT2D eigenvalue weighted by atomic mass is 10.2. The van der Waals surface area contributed by atoms with Crippen LogP contribution < -0.4 is 16.4 Å². The van der Waals surface area contributed by atoms with Crippen LogP contribution in [-0.2, 0) is 0 Å². The van der Waals surface area contributed by atoms with E-state index in [9.17, 15) is 4.79 Å². The maximum Gasteiger partial charge on any atom is 0.252 e. The predicted octanol–water partition coefficient (Wildman–Crippen LogP) is 1.39. The van der Waals surface area contributed by atoms with Gasteiger partial charge in [-0.25, -0.2) is 4.98 Å². The molecule has 0 radical (unpaired) electrons. The van der Waals surface area contributed by atoms with Gasteiger partial charge in [-0.3, -0.25) is 4.79 Å². The highest BCUT2D eigenvalue weighted by molar-refractivity contribution is 5.98. The Balaban J connectivity index is 1.88. The van der Waals surface area contributed by atoms with Gasteiger partial charge in [0.25, 0.3) is 5.91 Å². The number of hydrogen-bond donors (Lipinski definition) is 2. The van der Waals surface area contributed by atoms with Gasteiger partial charge in [-0.15, -0.1) is 0 Å². The number of carbonyl (C=O) groups is 1. The van der Waals surface area contributed by atoms with Crippen molar-refractivity contribution < 1.29 is 4.79 Å². The third kappa shape index (κ3) is 2.97. The third-order valence-corrected chi connectivity index (χ3v) is 3.80. The summed E-state index contributed by atoms with van der Waals surface area (Å²) in [5, 5.41) is 0. The Morgan fingerprint density at radius 1 is 1.26 bits per heavy atom. The first-order chi connectivity index (χ1) is 9.13. The fourth-order valence-electron chi connectivity index (χ4n) is 2.38. The normalized spacial score (nSPS) is 18.3. The summed E-state index contributed by atoms with van der Waals surface area (Å²) in [5.74, 6) is 1.75. The van der Waals surface area contributed by atoms with Gasteiger partial charge in [0.05, 0.1) is 17.4 Å². The highest BCUT2D eigenvalue weighted by Gasteiger charge is 2.31. The van der Waals surface area contributed by atoms with Crippen molar-refractivity contribution in [3.63, 3.8) is 0 Å². The van der Waals surface area contributed by atoms with Crippen LogP contribution in [0, 0.1) is 11.8 Å². The molecule has 4 N–H and O–H groups in total. The minimum absolute atomic E-state index is 0.446. The van der Waals surface area contributed by atoms with E-state index in [-0.39, 0.29) is 0 Å². The number of primary amides is 1. The Morgan fingerprint density at radius 2 is 1.84 bits per heavy atom. The van der Waals surface area contributed by atoms with Crippen LogP contribution in [0.15, 0.2) is 12.3 Å². The molecule has 1 aromatic rings. The van der Waals surface area contributed by atoms with Crippen LogP contribution >= 0.6 is 0 Å². The van der Waals surface area contributed by atoms with Crippen LogP contribution in [0.25, 0.3) is 0 Å². The van der Waals surface area contributed by atoms with Gasteiger partial charge in [0.2, 0.25) is 0 Å². The fraction of sp³-hybridized carbons (Fsp3) is 0.571. The zero-order valence-corrected chi connectivity index (χ0v) is 11.0. The van der Waals surface area contributed by atoms with Gasteiger partial charge in [0, 0.05) is 13.1 Å². The summed E-state index contributed by atoms with van der Waals surface area (Å²) in [6, 6.07) is 1.64. The molecule has 0 atom stereocenters. The van der Waals surface area contributed by atoms with Crippen molar-refractivity contribution in [1.29, 1.82) is 0 Å². The van der Waals surface area contributed by atoms with Crippen LogP contribution in [0.2, 0.25) is 0 Å². The molecule has 3 rings (SSSR count). The van der Waals surface area contributed by atoms with Gasteiger partial charge < -0.3 is 16.4 Å². The van der Waals surface area contributed by atoms with Crippen LogP contribution in [0.4, 0.5) is 11.5 Å². The summed E-state index contributed by atoms with van der Waals surface area (Å²) in [6.45, 7) is 1.96. The van der Waals surface area contributed by atoms with E-state index in [0.717, 1.165) is 24.9 Å². The molecule has 0 aliphatic heterocycles. The number of nitrogens with two attached hydrogens (primary N) is 2. The quantitative estimate of drug-likeness (QED) is 0.809. The van der Waals surface area contributed by atoms with Crippen LogP contribution in [0.1, 0.15) is 36.0 Å². The molecule has 0 unspecified atom stereocenters. The van der Waals surface area contributed by atoms with Gasteiger partial charge in [-0.1, -0.05) is 0 Å². The minimum atomic E-state index is -0.452. The van der Waals surface area contributed by atoms with E-state index in [1.807, 2.05) is 0 Å². The smallest absolute Gasteiger partial charge is 0.252 e. The predicted molar refractivity (Wildman–Crippen MR) is 74.8 cm³/mol. The van der Waals surface area contributed by atoms with Crippen molar-refractivity contribution in [3.8, 4) is 0 Å². The Morgan fingerprint density at radius 3 is 2.32 bits per heavy atom. The molecular weight excluding hydrogens is 240 g/mol. The molecule has 2 saturated carbocycles. The molecule has 5 nitrogen and oxygen atoms in total. The van der Waals surface area contributed by atoms with Crippen molar-refractivity contribution in [2.75, 3.05) is 23.7 Å². The number of anilines is 2. The Labute approximate surface area is 113 Å². The highest BCUT2D eigenvalue weighted by atomic mass is 16.1. The molecule has 2 aliphatic carbocycles. The molecule has 1 amide bonds. The molecule has 1 aromatic heterocycles. The molecule has 102 valence electrons.